The van der Waals surface area contributed by atoms with Gasteiger partial charge in [0.05, 0.1) is 0 Å². The molecule has 0 amide bonds. The van der Waals surface area contributed by atoms with Gasteiger partial charge in [-0.25, -0.2) is 4.79 Å². The maximum Gasteiger partial charge on any atom is 0.438 e. The largest absolute Gasteiger partial charge is 0.438 e. The van der Waals surface area contributed by atoms with Crippen molar-refractivity contribution in [2.45, 2.75) is 18.8 Å². The molecule has 66 valence electrons. The Labute approximate surface area is 73.7 Å². The van der Waals surface area contributed by atoms with Gasteiger partial charge in [0.15, 0.2) is 5.82 Å². The Morgan fingerprint density at radius 2 is 2.58 bits per heavy atom. The van der Waals surface area contributed by atoms with Crippen LogP contribution in [0.3, 0.4) is 0 Å². The summed E-state index contributed by atoms with van der Waals surface area (Å²) < 4.78 is 4.45. The molecule has 1 aliphatic heterocycles. The number of nitrogens with zero attached hydrogens (tertiary/aromatic N) is 1. The van der Waals surface area contributed by atoms with Crippen LogP contribution in [0.5, 0.6) is 0 Å². The topological polar surface area (TPSA) is 58.9 Å². The van der Waals surface area contributed by atoms with Crippen LogP contribution in [0.1, 0.15) is 24.6 Å². The van der Waals surface area contributed by atoms with Crippen molar-refractivity contribution in [3.8, 4) is 0 Å². The average molecular weight is 186 g/mol. The molecule has 1 atom stereocenters. The Kier molecular flexibility index (Phi) is 2.21. The third-order valence-corrected chi connectivity index (χ3v) is 3.22. The summed E-state index contributed by atoms with van der Waals surface area (Å²) in [6.45, 7) is 0. The first kappa shape index (κ1) is 7.91. The van der Waals surface area contributed by atoms with Gasteiger partial charge < -0.3 is 0 Å². The van der Waals surface area contributed by atoms with Crippen LogP contribution in [-0.2, 0) is 0 Å². The molecule has 12 heavy (non-hydrogen) atoms. The molecule has 0 saturated carbocycles. The number of rotatable bonds is 1. The van der Waals surface area contributed by atoms with Gasteiger partial charge in [-0.15, -0.1) is 0 Å². The third kappa shape index (κ3) is 1.55. The molecule has 2 rings (SSSR count). The van der Waals surface area contributed by atoms with E-state index in [9.17, 15) is 4.79 Å². The van der Waals surface area contributed by atoms with Gasteiger partial charge >= 0.3 is 5.76 Å². The molecule has 1 unspecified atom stereocenters. The van der Waals surface area contributed by atoms with Crippen molar-refractivity contribution < 1.29 is 4.52 Å². The van der Waals surface area contributed by atoms with Crippen LogP contribution in [0, 0.1) is 0 Å². The molecule has 0 aromatic carbocycles. The van der Waals surface area contributed by atoms with E-state index in [1.165, 1.54) is 12.2 Å². The predicted octanol–water partition coefficient (Wildman–Crippen LogP) is 0.974. The lowest BCUT2D eigenvalue weighted by Gasteiger charge is -2.17. The van der Waals surface area contributed by atoms with Gasteiger partial charge in [-0.3, -0.25) is 9.51 Å². The molecule has 1 aliphatic rings. The molecule has 1 saturated heterocycles. The van der Waals surface area contributed by atoms with E-state index in [0.717, 1.165) is 12.2 Å². The van der Waals surface area contributed by atoms with E-state index in [-0.39, 0.29) is 0 Å². The fourth-order valence-corrected chi connectivity index (χ4v) is 2.52. The summed E-state index contributed by atoms with van der Waals surface area (Å²) in [5.74, 6) is 2.92. The van der Waals surface area contributed by atoms with Crippen molar-refractivity contribution in [2.75, 3.05) is 11.5 Å². The number of hydrogen-bond acceptors (Lipinski definition) is 4. The van der Waals surface area contributed by atoms with Gasteiger partial charge in [-0.2, -0.15) is 11.8 Å². The normalized spacial score (nSPS) is 24.2. The minimum absolute atomic E-state index is 0.384. The van der Waals surface area contributed by atoms with E-state index in [1.807, 2.05) is 11.8 Å². The Bertz CT molecular complexity index is 300. The molecule has 1 aromatic heterocycles. The van der Waals surface area contributed by atoms with Crippen molar-refractivity contribution in [2.24, 2.45) is 0 Å². The van der Waals surface area contributed by atoms with Crippen LogP contribution in [0.4, 0.5) is 0 Å². The number of hydrogen-bond donors (Lipinski definition) is 1. The van der Waals surface area contributed by atoms with Crippen LogP contribution in [0.15, 0.2) is 9.32 Å². The fourth-order valence-electron chi connectivity index (χ4n) is 1.37. The lowest BCUT2D eigenvalue weighted by atomic mass is 10.1. The number of aromatic amines is 1. The highest BCUT2D eigenvalue weighted by Gasteiger charge is 2.19. The van der Waals surface area contributed by atoms with Gasteiger partial charge in [0.2, 0.25) is 0 Å². The van der Waals surface area contributed by atoms with Gasteiger partial charge in [0.1, 0.15) is 0 Å². The number of aromatic nitrogens is 2. The van der Waals surface area contributed by atoms with Crippen LogP contribution < -0.4 is 5.76 Å². The monoisotopic (exact) mass is 186 g/mol. The molecule has 1 fully saturated rings. The second kappa shape index (κ2) is 3.35. The third-order valence-electron chi connectivity index (χ3n) is 2.00. The maximum atomic E-state index is 10.6. The summed E-state index contributed by atoms with van der Waals surface area (Å²) in [6, 6.07) is 0. The van der Waals surface area contributed by atoms with Crippen molar-refractivity contribution >= 4 is 11.8 Å². The standard InChI is InChI=1S/C7H10N2O2S/c10-7-8-6(9-11-7)5-2-1-3-12-4-5/h5H,1-4H2,(H,8,9,10). The van der Waals surface area contributed by atoms with Crippen molar-refractivity contribution in [1.82, 2.24) is 10.1 Å². The van der Waals surface area contributed by atoms with E-state index in [4.69, 9.17) is 0 Å². The molecular formula is C7H10N2O2S. The molecule has 0 spiro atoms. The predicted molar refractivity (Wildman–Crippen MR) is 46.4 cm³/mol. The van der Waals surface area contributed by atoms with Gasteiger partial charge in [0.25, 0.3) is 0 Å². The van der Waals surface area contributed by atoms with E-state index >= 15 is 0 Å². The second-order valence-electron chi connectivity index (χ2n) is 2.89. The quantitative estimate of drug-likeness (QED) is 0.710. The van der Waals surface area contributed by atoms with Crippen molar-refractivity contribution in [3.63, 3.8) is 0 Å². The molecule has 0 aliphatic carbocycles. The Morgan fingerprint density at radius 3 is 3.17 bits per heavy atom. The SMILES string of the molecule is O=c1[nH]c(C2CCCSC2)no1. The second-order valence-corrected chi connectivity index (χ2v) is 4.04. The highest BCUT2D eigenvalue weighted by atomic mass is 32.2. The van der Waals surface area contributed by atoms with Crippen LogP contribution >= 0.6 is 11.8 Å². The zero-order chi connectivity index (χ0) is 8.39. The van der Waals surface area contributed by atoms with Gasteiger partial charge in [-0.05, 0) is 18.6 Å². The summed E-state index contributed by atoms with van der Waals surface area (Å²) >= 11 is 1.90. The fraction of sp³-hybridized carbons (Fsp3) is 0.714. The molecular weight excluding hydrogens is 176 g/mol. The first-order chi connectivity index (χ1) is 5.86. The molecule has 4 nitrogen and oxygen atoms in total. The van der Waals surface area contributed by atoms with Crippen LogP contribution in [0.2, 0.25) is 0 Å². The summed E-state index contributed by atoms with van der Waals surface area (Å²) in [5.41, 5.74) is 0. The zero-order valence-electron chi connectivity index (χ0n) is 6.58. The minimum atomic E-state index is -0.444. The lowest BCUT2D eigenvalue weighted by Crippen LogP contribution is -2.11. The molecule has 1 N–H and O–H groups in total. The van der Waals surface area contributed by atoms with E-state index in [1.54, 1.807) is 0 Å². The molecule has 2 heterocycles. The van der Waals surface area contributed by atoms with Crippen LogP contribution in [0.25, 0.3) is 0 Å². The zero-order valence-corrected chi connectivity index (χ0v) is 7.39. The number of nitrogens with one attached hydrogen (secondary N) is 1. The lowest BCUT2D eigenvalue weighted by molar-refractivity contribution is 0.377. The highest BCUT2D eigenvalue weighted by Crippen LogP contribution is 2.28. The molecule has 5 heteroatoms. The number of thioether (sulfide) groups is 1. The average Bonchev–Trinajstić information content (AvgIpc) is 2.54. The maximum absolute atomic E-state index is 10.6. The van der Waals surface area contributed by atoms with Gasteiger partial charge in [0, 0.05) is 11.7 Å². The summed E-state index contributed by atoms with van der Waals surface area (Å²) in [4.78, 5) is 13.2. The van der Waals surface area contributed by atoms with Crippen molar-refractivity contribution in [1.29, 1.82) is 0 Å². The first-order valence-corrected chi connectivity index (χ1v) is 5.15. The van der Waals surface area contributed by atoms with E-state index < -0.39 is 5.76 Å². The van der Waals surface area contributed by atoms with E-state index in [0.29, 0.717) is 11.7 Å². The Morgan fingerprint density at radius 1 is 1.67 bits per heavy atom. The summed E-state index contributed by atoms with van der Waals surface area (Å²) in [6.07, 6.45) is 2.31. The highest BCUT2D eigenvalue weighted by molar-refractivity contribution is 7.99. The molecule has 0 bridgehead atoms. The summed E-state index contributed by atoms with van der Waals surface area (Å²) in [5, 5.41) is 3.68. The first-order valence-electron chi connectivity index (χ1n) is 4.00. The minimum Gasteiger partial charge on any atom is -0.296 e. The Hall–Kier alpha value is -0.710. The summed E-state index contributed by atoms with van der Waals surface area (Å²) in [7, 11) is 0. The van der Waals surface area contributed by atoms with Crippen molar-refractivity contribution in [3.05, 3.63) is 16.4 Å². The smallest absolute Gasteiger partial charge is 0.296 e. The van der Waals surface area contributed by atoms with E-state index in [2.05, 4.69) is 14.7 Å². The van der Waals surface area contributed by atoms with Gasteiger partial charge in [-0.1, -0.05) is 5.16 Å². The molecule has 0 radical (unpaired) electrons. The number of H-pyrrole nitrogens is 1. The molecule has 1 aromatic rings. The van der Waals surface area contributed by atoms with Crippen LogP contribution in [-0.4, -0.2) is 21.6 Å². The Balaban J connectivity index is 2.13.